The Hall–Kier alpha value is -3.39. The van der Waals surface area contributed by atoms with Gasteiger partial charge in [0.2, 0.25) is 0 Å². The monoisotopic (exact) mass is 330 g/mol. The van der Waals surface area contributed by atoms with Crippen LogP contribution in [0.5, 0.6) is 0 Å². The largest absolute Gasteiger partial charge is 0.374 e. The van der Waals surface area contributed by atoms with E-state index in [-0.39, 0.29) is 5.56 Å². The average molecular weight is 330 g/mol. The van der Waals surface area contributed by atoms with Crippen LogP contribution in [0.2, 0.25) is 0 Å². The summed E-state index contributed by atoms with van der Waals surface area (Å²) in [7, 11) is 1.96. The molecule has 0 bridgehead atoms. The lowest BCUT2D eigenvalue weighted by Crippen LogP contribution is -2.17. The van der Waals surface area contributed by atoms with Gasteiger partial charge in [0.05, 0.1) is 23.4 Å². The van der Waals surface area contributed by atoms with Crippen LogP contribution in [-0.2, 0) is 0 Å². The molecule has 0 saturated carbocycles. The van der Waals surface area contributed by atoms with E-state index in [1.807, 2.05) is 60.5 Å². The van der Waals surface area contributed by atoms with Gasteiger partial charge in [-0.3, -0.25) is 4.79 Å². The molecule has 124 valence electrons. The molecule has 0 unspecified atom stereocenters. The summed E-state index contributed by atoms with van der Waals surface area (Å²) in [5.41, 5.74) is 2.61. The summed E-state index contributed by atoms with van der Waals surface area (Å²) in [6.07, 6.45) is 4.20. The van der Waals surface area contributed by atoms with Crippen molar-refractivity contribution in [3.63, 3.8) is 0 Å². The molecule has 3 rings (SSSR count). The molecule has 1 N–H and O–H groups in total. The van der Waals surface area contributed by atoms with Crippen molar-refractivity contribution in [1.82, 2.24) is 9.97 Å². The second-order valence-corrected chi connectivity index (χ2v) is 5.72. The molecular formula is C20H18N4O. The zero-order valence-electron chi connectivity index (χ0n) is 13.9. The highest BCUT2D eigenvalue weighted by Crippen LogP contribution is 2.15. The lowest BCUT2D eigenvalue weighted by molar-refractivity contribution is 0.905. The third-order valence-electron chi connectivity index (χ3n) is 3.96. The summed E-state index contributed by atoms with van der Waals surface area (Å²) in [5.74, 6) is 0.527. The van der Waals surface area contributed by atoms with E-state index in [9.17, 15) is 4.79 Å². The van der Waals surface area contributed by atoms with Crippen molar-refractivity contribution in [1.29, 1.82) is 5.26 Å². The summed E-state index contributed by atoms with van der Waals surface area (Å²) in [5, 5.41) is 9.24. The molecule has 0 fully saturated rings. The molecule has 0 amide bonds. The molecule has 1 aromatic heterocycles. The van der Waals surface area contributed by atoms with Crippen molar-refractivity contribution >= 4 is 28.7 Å². The first-order valence-corrected chi connectivity index (χ1v) is 8.02. The minimum Gasteiger partial charge on any atom is -0.374 e. The number of para-hydroxylation sites is 1. The first kappa shape index (κ1) is 16.5. The number of anilines is 1. The van der Waals surface area contributed by atoms with Gasteiger partial charge in [-0.05, 0) is 35.9 Å². The van der Waals surface area contributed by atoms with Gasteiger partial charge < -0.3 is 9.88 Å². The predicted molar refractivity (Wildman–Crippen MR) is 101 cm³/mol. The van der Waals surface area contributed by atoms with E-state index in [1.54, 1.807) is 12.1 Å². The molecule has 5 nitrogen and oxygen atoms in total. The lowest BCUT2D eigenvalue weighted by atomic mass is 10.1. The van der Waals surface area contributed by atoms with Crippen molar-refractivity contribution in [3.8, 4) is 6.07 Å². The first-order valence-electron chi connectivity index (χ1n) is 8.02. The number of nitrogens with zero attached hydrogens (tertiary/aromatic N) is 3. The van der Waals surface area contributed by atoms with Crippen LogP contribution in [0.4, 0.5) is 5.69 Å². The number of aromatic amines is 1. The Morgan fingerprint density at radius 3 is 2.68 bits per heavy atom. The smallest absolute Gasteiger partial charge is 0.259 e. The van der Waals surface area contributed by atoms with Crippen LogP contribution in [0.15, 0.2) is 53.3 Å². The van der Waals surface area contributed by atoms with Gasteiger partial charge in [-0.25, -0.2) is 4.98 Å². The Kier molecular flexibility index (Phi) is 4.91. The molecule has 0 spiro atoms. The van der Waals surface area contributed by atoms with Gasteiger partial charge in [-0.1, -0.05) is 30.3 Å². The molecule has 2 aromatic carbocycles. The molecule has 0 saturated heterocycles. The Labute approximate surface area is 145 Å². The van der Waals surface area contributed by atoms with Gasteiger partial charge in [0.1, 0.15) is 5.82 Å². The minimum absolute atomic E-state index is 0.139. The van der Waals surface area contributed by atoms with Crippen LogP contribution in [0.25, 0.3) is 23.1 Å². The lowest BCUT2D eigenvalue weighted by Gasteiger charge is -2.17. The first-order chi connectivity index (χ1) is 12.2. The SMILES string of the molecule is CN(CCC#N)c1ccc(/C=C/c2nc3ccccc3c(=O)[nH]2)cc1. The van der Waals surface area contributed by atoms with Crippen LogP contribution in [0.1, 0.15) is 17.8 Å². The van der Waals surface area contributed by atoms with E-state index in [0.717, 1.165) is 11.3 Å². The van der Waals surface area contributed by atoms with E-state index in [1.165, 1.54) is 0 Å². The van der Waals surface area contributed by atoms with Gasteiger partial charge in [-0.2, -0.15) is 5.26 Å². The average Bonchev–Trinajstić information content (AvgIpc) is 2.65. The Balaban J connectivity index is 1.78. The highest BCUT2D eigenvalue weighted by atomic mass is 16.1. The summed E-state index contributed by atoms with van der Waals surface area (Å²) < 4.78 is 0. The molecule has 25 heavy (non-hydrogen) atoms. The Morgan fingerprint density at radius 1 is 1.16 bits per heavy atom. The summed E-state index contributed by atoms with van der Waals surface area (Å²) in [6, 6.07) is 17.4. The molecular weight excluding hydrogens is 312 g/mol. The van der Waals surface area contributed by atoms with Gasteiger partial charge in [0.25, 0.3) is 5.56 Å². The maximum absolute atomic E-state index is 12.1. The fraction of sp³-hybridized carbons (Fsp3) is 0.150. The number of aromatic nitrogens is 2. The molecule has 3 aromatic rings. The van der Waals surface area contributed by atoms with E-state index in [2.05, 4.69) is 16.0 Å². The highest BCUT2D eigenvalue weighted by Gasteiger charge is 2.01. The van der Waals surface area contributed by atoms with Crippen LogP contribution in [0.3, 0.4) is 0 Å². The quantitative estimate of drug-likeness (QED) is 0.778. The Morgan fingerprint density at radius 2 is 1.92 bits per heavy atom. The molecule has 0 radical (unpaired) electrons. The summed E-state index contributed by atoms with van der Waals surface area (Å²) >= 11 is 0. The summed E-state index contributed by atoms with van der Waals surface area (Å²) in [6.45, 7) is 0.702. The van der Waals surface area contributed by atoms with E-state index >= 15 is 0 Å². The van der Waals surface area contributed by atoms with Crippen LogP contribution in [0, 0.1) is 11.3 Å². The number of hydrogen-bond donors (Lipinski definition) is 1. The van der Waals surface area contributed by atoms with Gasteiger partial charge in [0, 0.05) is 19.3 Å². The van der Waals surface area contributed by atoms with Crippen LogP contribution in [-0.4, -0.2) is 23.6 Å². The minimum atomic E-state index is -0.139. The normalized spacial score (nSPS) is 10.9. The molecule has 0 aliphatic heterocycles. The number of nitrogens with one attached hydrogen (secondary N) is 1. The fourth-order valence-electron chi connectivity index (χ4n) is 2.55. The number of benzene rings is 2. The highest BCUT2D eigenvalue weighted by molar-refractivity contribution is 5.79. The third-order valence-corrected chi connectivity index (χ3v) is 3.96. The second-order valence-electron chi connectivity index (χ2n) is 5.72. The number of rotatable bonds is 5. The van der Waals surface area contributed by atoms with Crippen molar-refractivity contribution in [2.75, 3.05) is 18.5 Å². The van der Waals surface area contributed by atoms with Crippen LogP contribution >= 0.6 is 0 Å². The van der Waals surface area contributed by atoms with Gasteiger partial charge >= 0.3 is 0 Å². The molecule has 0 atom stereocenters. The third kappa shape index (κ3) is 3.93. The van der Waals surface area contributed by atoms with Gasteiger partial charge in [-0.15, -0.1) is 0 Å². The van der Waals surface area contributed by atoms with Crippen molar-refractivity contribution < 1.29 is 0 Å². The number of H-pyrrole nitrogens is 1. The number of hydrogen-bond acceptors (Lipinski definition) is 4. The number of fused-ring (bicyclic) bond motifs is 1. The van der Waals surface area contributed by atoms with Gasteiger partial charge in [0.15, 0.2) is 0 Å². The summed E-state index contributed by atoms with van der Waals surface area (Å²) in [4.78, 5) is 21.3. The zero-order valence-corrected chi connectivity index (χ0v) is 13.9. The Bertz CT molecular complexity index is 997. The molecule has 1 heterocycles. The van der Waals surface area contributed by atoms with E-state index in [0.29, 0.717) is 29.7 Å². The zero-order chi connectivity index (χ0) is 17.6. The van der Waals surface area contributed by atoms with Crippen molar-refractivity contribution in [2.24, 2.45) is 0 Å². The second kappa shape index (κ2) is 7.45. The molecule has 0 aliphatic rings. The van der Waals surface area contributed by atoms with E-state index < -0.39 is 0 Å². The number of nitriles is 1. The molecule has 5 heteroatoms. The molecule has 0 aliphatic carbocycles. The predicted octanol–water partition coefficient (Wildman–Crippen LogP) is 3.44. The standard InChI is InChI=1S/C20H18N4O/c1-24(14-4-13-21)16-10-7-15(8-11-16)9-12-19-22-18-6-3-2-5-17(18)20(25)23-19/h2-3,5-12H,4,14H2,1H3,(H,22,23,25)/b12-9+. The fourth-order valence-corrected chi connectivity index (χ4v) is 2.55. The maximum Gasteiger partial charge on any atom is 0.259 e. The van der Waals surface area contributed by atoms with Crippen molar-refractivity contribution in [2.45, 2.75) is 6.42 Å². The van der Waals surface area contributed by atoms with Crippen LogP contribution < -0.4 is 10.5 Å². The maximum atomic E-state index is 12.1. The van der Waals surface area contributed by atoms with Crippen molar-refractivity contribution in [3.05, 3.63) is 70.3 Å². The van der Waals surface area contributed by atoms with E-state index in [4.69, 9.17) is 5.26 Å². The topological polar surface area (TPSA) is 72.8 Å².